The Morgan fingerprint density at radius 1 is 1.47 bits per heavy atom. The van der Waals surface area contributed by atoms with E-state index >= 15 is 0 Å². The predicted molar refractivity (Wildman–Crippen MR) is 68.8 cm³/mol. The summed E-state index contributed by atoms with van der Waals surface area (Å²) < 4.78 is 0. The Hall–Kier alpha value is -0.610. The number of likely N-dealkylation sites (tertiary alicyclic amines) is 1. The molecular formula is C13H26N2O2. The second-order valence-electron chi connectivity index (χ2n) is 5.30. The van der Waals surface area contributed by atoms with Crippen molar-refractivity contribution in [3.8, 4) is 0 Å². The highest BCUT2D eigenvalue weighted by atomic mass is 16.3. The molecule has 1 rings (SSSR count). The number of hydrogen-bond donors (Lipinski definition) is 2. The summed E-state index contributed by atoms with van der Waals surface area (Å²) in [6.45, 7) is 8.07. The van der Waals surface area contributed by atoms with Crippen LogP contribution < -0.4 is 5.32 Å². The van der Waals surface area contributed by atoms with Crippen LogP contribution in [0.15, 0.2) is 0 Å². The average molecular weight is 242 g/mol. The van der Waals surface area contributed by atoms with E-state index in [0.29, 0.717) is 6.54 Å². The summed E-state index contributed by atoms with van der Waals surface area (Å²) in [6.07, 6.45) is 3.58. The number of nitrogens with one attached hydrogen (secondary N) is 1. The Morgan fingerprint density at radius 3 is 2.76 bits per heavy atom. The van der Waals surface area contributed by atoms with Crippen molar-refractivity contribution in [3.63, 3.8) is 0 Å². The van der Waals surface area contributed by atoms with Gasteiger partial charge in [0.15, 0.2) is 0 Å². The molecule has 17 heavy (non-hydrogen) atoms. The normalized spacial score (nSPS) is 24.1. The number of amides is 1. The van der Waals surface area contributed by atoms with Gasteiger partial charge in [-0.25, -0.2) is 0 Å². The van der Waals surface area contributed by atoms with Crippen molar-refractivity contribution >= 4 is 5.91 Å². The summed E-state index contributed by atoms with van der Waals surface area (Å²) in [5.74, 6) is 0.148. The summed E-state index contributed by atoms with van der Waals surface area (Å²) in [6, 6.07) is -0.0348. The second kappa shape index (κ2) is 6.36. The van der Waals surface area contributed by atoms with Crippen molar-refractivity contribution in [3.05, 3.63) is 0 Å². The molecule has 0 spiro atoms. The van der Waals surface area contributed by atoms with Crippen LogP contribution in [-0.2, 0) is 4.79 Å². The number of carbonyl (C=O) groups is 1. The minimum absolute atomic E-state index is 0.0348. The Morgan fingerprint density at radius 2 is 2.18 bits per heavy atom. The molecule has 4 nitrogen and oxygen atoms in total. The molecule has 1 aliphatic rings. The van der Waals surface area contributed by atoms with Crippen LogP contribution in [0.4, 0.5) is 0 Å². The second-order valence-corrected chi connectivity index (χ2v) is 5.30. The van der Waals surface area contributed by atoms with E-state index in [1.165, 1.54) is 0 Å². The minimum Gasteiger partial charge on any atom is -0.388 e. The lowest BCUT2D eigenvalue weighted by Crippen LogP contribution is -2.45. The average Bonchev–Trinajstić information content (AvgIpc) is 2.57. The van der Waals surface area contributed by atoms with E-state index in [1.54, 1.807) is 4.90 Å². The largest absolute Gasteiger partial charge is 0.388 e. The first-order valence-electron chi connectivity index (χ1n) is 6.74. The lowest BCUT2D eigenvalue weighted by Gasteiger charge is -2.28. The Kier molecular flexibility index (Phi) is 5.40. The molecule has 0 saturated carbocycles. The van der Waals surface area contributed by atoms with E-state index < -0.39 is 5.60 Å². The third-order valence-corrected chi connectivity index (χ3v) is 3.26. The van der Waals surface area contributed by atoms with Gasteiger partial charge in [0.1, 0.15) is 0 Å². The van der Waals surface area contributed by atoms with Crippen LogP contribution in [-0.4, -0.2) is 47.2 Å². The SMILES string of the molecule is CCCNC1CCN(CC(C)(O)CCC)C1=O. The van der Waals surface area contributed by atoms with Crippen molar-refractivity contribution < 1.29 is 9.90 Å². The number of nitrogens with zero attached hydrogens (tertiary/aromatic N) is 1. The Balaban J connectivity index is 2.44. The molecule has 0 aromatic heterocycles. The minimum atomic E-state index is -0.746. The first kappa shape index (κ1) is 14.5. The Bertz CT molecular complexity index is 254. The monoisotopic (exact) mass is 242 g/mol. The zero-order valence-electron chi connectivity index (χ0n) is 11.3. The molecule has 2 atom stereocenters. The fourth-order valence-corrected chi connectivity index (χ4v) is 2.43. The van der Waals surface area contributed by atoms with Gasteiger partial charge in [-0.05, 0) is 32.7 Å². The summed E-state index contributed by atoms with van der Waals surface area (Å²) in [7, 11) is 0. The van der Waals surface area contributed by atoms with Crippen molar-refractivity contribution in [1.82, 2.24) is 10.2 Å². The fourth-order valence-electron chi connectivity index (χ4n) is 2.43. The Labute approximate surface area is 104 Å². The number of rotatable bonds is 7. The maximum absolute atomic E-state index is 12.0. The zero-order valence-corrected chi connectivity index (χ0v) is 11.3. The topological polar surface area (TPSA) is 52.6 Å². The van der Waals surface area contributed by atoms with E-state index in [9.17, 15) is 9.90 Å². The highest BCUT2D eigenvalue weighted by Crippen LogP contribution is 2.18. The van der Waals surface area contributed by atoms with E-state index in [0.717, 1.165) is 38.8 Å². The lowest BCUT2D eigenvalue weighted by molar-refractivity contribution is -0.132. The molecule has 1 fully saturated rings. The van der Waals surface area contributed by atoms with Gasteiger partial charge in [0.2, 0.25) is 5.91 Å². The zero-order chi connectivity index (χ0) is 12.9. The summed E-state index contributed by atoms with van der Waals surface area (Å²) in [5.41, 5.74) is -0.746. The van der Waals surface area contributed by atoms with Crippen molar-refractivity contribution in [1.29, 1.82) is 0 Å². The first-order valence-corrected chi connectivity index (χ1v) is 6.74. The molecule has 2 unspecified atom stereocenters. The van der Waals surface area contributed by atoms with Crippen LogP contribution in [0.5, 0.6) is 0 Å². The van der Waals surface area contributed by atoms with Crippen molar-refractivity contribution in [2.45, 2.75) is 58.1 Å². The van der Waals surface area contributed by atoms with Gasteiger partial charge in [-0.15, -0.1) is 0 Å². The van der Waals surface area contributed by atoms with Gasteiger partial charge in [-0.1, -0.05) is 20.3 Å². The molecule has 0 aromatic rings. The third kappa shape index (κ3) is 4.28. The summed E-state index contributed by atoms with van der Waals surface area (Å²) >= 11 is 0. The van der Waals surface area contributed by atoms with Gasteiger partial charge >= 0.3 is 0 Å². The highest BCUT2D eigenvalue weighted by molar-refractivity contribution is 5.84. The number of β-amino-alcohol motifs (C(OH)–C–C–N with tert-alkyl or cyclic N) is 1. The molecule has 0 aliphatic carbocycles. The van der Waals surface area contributed by atoms with Crippen molar-refractivity contribution in [2.75, 3.05) is 19.6 Å². The molecular weight excluding hydrogens is 216 g/mol. The summed E-state index contributed by atoms with van der Waals surface area (Å²) in [5, 5.41) is 13.4. The quantitative estimate of drug-likeness (QED) is 0.704. The van der Waals surface area contributed by atoms with Crippen LogP contribution in [0.3, 0.4) is 0 Å². The molecule has 0 aromatic carbocycles. The van der Waals surface area contributed by atoms with Gasteiger partial charge in [-0.3, -0.25) is 4.79 Å². The smallest absolute Gasteiger partial charge is 0.239 e. The van der Waals surface area contributed by atoms with Crippen LogP contribution in [0.2, 0.25) is 0 Å². The molecule has 1 aliphatic heterocycles. The van der Waals surface area contributed by atoms with Crippen molar-refractivity contribution in [2.24, 2.45) is 0 Å². The summed E-state index contributed by atoms with van der Waals surface area (Å²) in [4.78, 5) is 13.8. The van der Waals surface area contributed by atoms with E-state index in [4.69, 9.17) is 0 Å². The predicted octanol–water partition coefficient (Wildman–Crippen LogP) is 1.14. The van der Waals surface area contributed by atoms with Gasteiger partial charge in [-0.2, -0.15) is 0 Å². The third-order valence-electron chi connectivity index (χ3n) is 3.26. The first-order chi connectivity index (χ1) is 8.00. The molecule has 2 N–H and O–H groups in total. The number of aliphatic hydroxyl groups is 1. The highest BCUT2D eigenvalue weighted by Gasteiger charge is 2.34. The molecule has 1 amide bonds. The molecule has 1 heterocycles. The van der Waals surface area contributed by atoms with E-state index in [2.05, 4.69) is 12.2 Å². The van der Waals surface area contributed by atoms with E-state index in [1.807, 2.05) is 13.8 Å². The number of hydrogen-bond acceptors (Lipinski definition) is 3. The molecule has 1 saturated heterocycles. The maximum Gasteiger partial charge on any atom is 0.239 e. The van der Waals surface area contributed by atoms with Gasteiger partial charge < -0.3 is 15.3 Å². The lowest BCUT2D eigenvalue weighted by atomic mass is 10.0. The van der Waals surface area contributed by atoms with Crippen LogP contribution >= 0.6 is 0 Å². The maximum atomic E-state index is 12.0. The molecule has 0 bridgehead atoms. The number of carbonyl (C=O) groups excluding carboxylic acids is 1. The molecule has 4 heteroatoms. The van der Waals surface area contributed by atoms with Gasteiger partial charge in [0, 0.05) is 13.1 Å². The van der Waals surface area contributed by atoms with Crippen LogP contribution in [0.1, 0.15) is 46.5 Å². The fraction of sp³-hybridized carbons (Fsp3) is 0.923. The van der Waals surface area contributed by atoms with Gasteiger partial charge in [0.05, 0.1) is 11.6 Å². The molecule has 0 radical (unpaired) electrons. The standard InChI is InChI=1S/C13H26N2O2/c1-4-7-13(3,17)10-15-9-6-11(12(15)16)14-8-5-2/h11,14,17H,4-10H2,1-3H3. The molecule has 100 valence electrons. The van der Waals surface area contributed by atoms with Gasteiger partial charge in [0.25, 0.3) is 0 Å². The van der Waals surface area contributed by atoms with Crippen LogP contribution in [0.25, 0.3) is 0 Å². The van der Waals surface area contributed by atoms with Crippen LogP contribution in [0, 0.1) is 0 Å². The van der Waals surface area contributed by atoms with E-state index in [-0.39, 0.29) is 11.9 Å².